The third kappa shape index (κ3) is 3.64. The van der Waals surface area contributed by atoms with E-state index in [1.165, 1.54) is 10.4 Å². The highest BCUT2D eigenvalue weighted by Crippen LogP contribution is 2.25. The number of ether oxygens (including phenoxy) is 1. The van der Waals surface area contributed by atoms with Crippen LogP contribution < -0.4 is 15.8 Å². The van der Waals surface area contributed by atoms with Crippen LogP contribution in [0.25, 0.3) is 0 Å². The monoisotopic (exact) mass is 276 g/mol. The molecule has 0 atom stereocenters. The first-order valence-corrected chi connectivity index (χ1v) is 7.27. The highest BCUT2D eigenvalue weighted by Gasteiger charge is 2.04. The van der Waals surface area contributed by atoms with Crippen LogP contribution in [0.15, 0.2) is 29.6 Å². The van der Waals surface area contributed by atoms with Crippen LogP contribution in [0.4, 0.5) is 11.4 Å². The summed E-state index contributed by atoms with van der Waals surface area (Å²) in [6.07, 6.45) is 0.198. The van der Waals surface area contributed by atoms with Crippen molar-refractivity contribution in [2.45, 2.75) is 33.4 Å². The van der Waals surface area contributed by atoms with Crippen LogP contribution in [0.2, 0.25) is 0 Å². The summed E-state index contributed by atoms with van der Waals surface area (Å²) >= 11 is 1.67. The molecular formula is C15H20N2OS. The predicted molar refractivity (Wildman–Crippen MR) is 83.0 cm³/mol. The molecule has 3 nitrogen and oxygen atoms in total. The Labute approximate surface area is 118 Å². The van der Waals surface area contributed by atoms with Crippen LogP contribution in [-0.4, -0.2) is 6.10 Å². The van der Waals surface area contributed by atoms with E-state index in [-0.39, 0.29) is 6.10 Å². The Morgan fingerprint density at radius 3 is 2.68 bits per heavy atom. The Balaban J connectivity index is 2.03. The van der Waals surface area contributed by atoms with Crippen LogP contribution in [0.1, 0.15) is 24.3 Å². The molecule has 1 aromatic carbocycles. The second-order valence-electron chi connectivity index (χ2n) is 4.80. The van der Waals surface area contributed by atoms with E-state index < -0.39 is 0 Å². The molecule has 4 heteroatoms. The molecule has 0 radical (unpaired) electrons. The molecule has 1 heterocycles. The lowest BCUT2D eigenvalue weighted by Gasteiger charge is -2.13. The van der Waals surface area contributed by atoms with E-state index in [0.29, 0.717) is 0 Å². The minimum absolute atomic E-state index is 0.198. The molecule has 0 saturated carbocycles. The summed E-state index contributed by atoms with van der Waals surface area (Å²) in [5, 5.41) is 5.42. The van der Waals surface area contributed by atoms with Crippen molar-refractivity contribution in [3.63, 3.8) is 0 Å². The molecule has 0 spiro atoms. The number of nitrogen functional groups attached to an aromatic ring is 1. The predicted octanol–water partition coefficient (Wildman–Crippen LogP) is 4.04. The van der Waals surface area contributed by atoms with Gasteiger partial charge in [0.15, 0.2) is 0 Å². The number of benzene rings is 1. The van der Waals surface area contributed by atoms with Gasteiger partial charge in [-0.1, -0.05) is 0 Å². The molecule has 0 amide bonds. The topological polar surface area (TPSA) is 47.3 Å². The molecule has 0 fully saturated rings. The summed E-state index contributed by atoms with van der Waals surface area (Å²) in [7, 11) is 0. The van der Waals surface area contributed by atoms with Crippen LogP contribution in [0, 0.1) is 6.92 Å². The van der Waals surface area contributed by atoms with E-state index in [4.69, 9.17) is 10.5 Å². The lowest BCUT2D eigenvalue weighted by atomic mass is 10.2. The molecule has 19 heavy (non-hydrogen) atoms. The van der Waals surface area contributed by atoms with Gasteiger partial charge in [0.2, 0.25) is 0 Å². The third-order valence-electron chi connectivity index (χ3n) is 2.79. The number of aryl methyl sites for hydroxylation is 1. The molecule has 1 aromatic heterocycles. The van der Waals surface area contributed by atoms with Crippen LogP contribution >= 0.6 is 11.3 Å². The summed E-state index contributed by atoms with van der Waals surface area (Å²) < 4.78 is 5.67. The van der Waals surface area contributed by atoms with Crippen molar-refractivity contribution in [3.05, 3.63) is 40.1 Å². The zero-order valence-electron chi connectivity index (χ0n) is 11.6. The summed E-state index contributed by atoms with van der Waals surface area (Å²) in [6, 6.07) is 8.04. The Morgan fingerprint density at radius 1 is 1.32 bits per heavy atom. The number of hydrogen-bond donors (Lipinski definition) is 2. The lowest BCUT2D eigenvalue weighted by Crippen LogP contribution is -2.06. The molecule has 0 aliphatic heterocycles. The first-order chi connectivity index (χ1) is 9.06. The zero-order valence-corrected chi connectivity index (χ0v) is 12.4. The largest absolute Gasteiger partial charge is 0.491 e. The Kier molecular flexibility index (Phi) is 4.32. The van der Waals surface area contributed by atoms with Gasteiger partial charge in [-0.2, -0.15) is 0 Å². The van der Waals surface area contributed by atoms with Gasteiger partial charge in [-0.25, -0.2) is 0 Å². The van der Waals surface area contributed by atoms with Gasteiger partial charge in [-0.05, 0) is 56.0 Å². The Hall–Kier alpha value is -1.68. The molecule has 2 aromatic rings. The summed E-state index contributed by atoms with van der Waals surface area (Å²) in [5.41, 5.74) is 9.02. The van der Waals surface area contributed by atoms with E-state index in [9.17, 15) is 0 Å². The highest BCUT2D eigenvalue weighted by molar-refractivity contribution is 7.10. The molecule has 0 aliphatic rings. The normalized spacial score (nSPS) is 10.7. The summed E-state index contributed by atoms with van der Waals surface area (Å²) in [5.74, 6) is 0.911. The lowest BCUT2D eigenvalue weighted by molar-refractivity contribution is 0.242. The molecule has 102 valence electrons. The fraction of sp³-hybridized carbons (Fsp3) is 0.333. The van der Waals surface area contributed by atoms with Gasteiger partial charge < -0.3 is 15.8 Å². The van der Waals surface area contributed by atoms with Crippen molar-refractivity contribution in [1.29, 1.82) is 0 Å². The smallest absolute Gasteiger partial charge is 0.120 e. The standard InChI is InChI=1S/C15H20N2OS/c1-10(2)18-12-4-5-14(11(3)8-12)17-9-15-13(16)6-7-19-15/h4-8,10,17H,9,16H2,1-3H3. The molecular weight excluding hydrogens is 256 g/mol. The first kappa shape index (κ1) is 13.7. The number of anilines is 2. The number of rotatable bonds is 5. The number of nitrogens with two attached hydrogens (primary N) is 1. The SMILES string of the molecule is Cc1cc(OC(C)C)ccc1NCc1sccc1N. The van der Waals surface area contributed by atoms with Crippen LogP contribution in [0.5, 0.6) is 5.75 Å². The molecule has 0 unspecified atom stereocenters. The maximum atomic E-state index is 5.87. The molecule has 0 bridgehead atoms. The van der Waals surface area contributed by atoms with E-state index in [2.05, 4.69) is 24.4 Å². The van der Waals surface area contributed by atoms with E-state index >= 15 is 0 Å². The van der Waals surface area contributed by atoms with Gasteiger partial charge in [0, 0.05) is 16.3 Å². The van der Waals surface area contributed by atoms with Crippen LogP contribution in [-0.2, 0) is 6.54 Å². The highest BCUT2D eigenvalue weighted by atomic mass is 32.1. The van der Waals surface area contributed by atoms with Gasteiger partial charge in [-0.3, -0.25) is 0 Å². The van der Waals surface area contributed by atoms with E-state index in [1.807, 2.05) is 31.4 Å². The Bertz CT molecular complexity index is 549. The molecule has 0 saturated heterocycles. The van der Waals surface area contributed by atoms with Crippen molar-refractivity contribution in [1.82, 2.24) is 0 Å². The second kappa shape index (κ2) is 5.97. The van der Waals surface area contributed by atoms with E-state index in [1.54, 1.807) is 11.3 Å². The van der Waals surface area contributed by atoms with Crippen molar-refractivity contribution in [2.75, 3.05) is 11.1 Å². The summed E-state index contributed by atoms with van der Waals surface area (Å²) in [4.78, 5) is 1.17. The summed E-state index contributed by atoms with van der Waals surface area (Å²) in [6.45, 7) is 6.89. The number of nitrogens with one attached hydrogen (secondary N) is 1. The third-order valence-corrected chi connectivity index (χ3v) is 3.73. The van der Waals surface area contributed by atoms with Crippen molar-refractivity contribution < 1.29 is 4.74 Å². The van der Waals surface area contributed by atoms with Crippen molar-refractivity contribution in [3.8, 4) is 5.75 Å². The first-order valence-electron chi connectivity index (χ1n) is 6.39. The zero-order chi connectivity index (χ0) is 13.8. The quantitative estimate of drug-likeness (QED) is 0.866. The maximum absolute atomic E-state index is 5.87. The van der Waals surface area contributed by atoms with Gasteiger partial charge in [-0.15, -0.1) is 11.3 Å². The van der Waals surface area contributed by atoms with E-state index in [0.717, 1.165) is 23.7 Å². The minimum atomic E-state index is 0.198. The van der Waals surface area contributed by atoms with Crippen molar-refractivity contribution in [2.24, 2.45) is 0 Å². The second-order valence-corrected chi connectivity index (χ2v) is 5.80. The molecule has 2 rings (SSSR count). The number of hydrogen-bond acceptors (Lipinski definition) is 4. The fourth-order valence-corrected chi connectivity index (χ4v) is 2.59. The Morgan fingerprint density at radius 2 is 2.11 bits per heavy atom. The van der Waals surface area contributed by atoms with Gasteiger partial charge in [0.1, 0.15) is 5.75 Å². The number of thiophene rings is 1. The average Bonchev–Trinajstić information content (AvgIpc) is 2.73. The van der Waals surface area contributed by atoms with Crippen molar-refractivity contribution >= 4 is 22.7 Å². The maximum Gasteiger partial charge on any atom is 0.120 e. The molecule has 0 aliphatic carbocycles. The van der Waals surface area contributed by atoms with Gasteiger partial charge >= 0.3 is 0 Å². The fourth-order valence-electron chi connectivity index (χ4n) is 1.85. The van der Waals surface area contributed by atoms with Gasteiger partial charge in [0.25, 0.3) is 0 Å². The molecule has 3 N–H and O–H groups in total. The van der Waals surface area contributed by atoms with Crippen LogP contribution in [0.3, 0.4) is 0 Å². The minimum Gasteiger partial charge on any atom is -0.491 e. The van der Waals surface area contributed by atoms with Gasteiger partial charge in [0.05, 0.1) is 12.6 Å². The average molecular weight is 276 g/mol.